The fourth-order valence-corrected chi connectivity index (χ4v) is 2.81. The summed E-state index contributed by atoms with van der Waals surface area (Å²) < 4.78 is 5.16. The summed E-state index contributed by atoms with van der Waals surface area (Å²) in [5.74, 6) is -3.37. The number of carbonyl (C=O) groups is 3. The van der Waals surface area contributed by atoms with E-state index in [1.165, 1.54) is 24.3 Å². The molecule has 0 heterocycles. The van der Waals surface area contributed by atoms with Crippen molar-refractivity contribution >= 4 is 23.5 Å². The van der Waals surface area contributed by atoms with Crippen LogP contribution in [0.15, 0.2) is 24.3 Å². The van der Waals surface area contributed by atoms with Crippen LogP contribution in [0.2, 0.25) is 0 Å². The Balaban J connectivity index is 1.78. The van der Waals surface area contributed by atoms with Gasteiger partial charge in [0.1, 0.15) is 5.75 Å². The lowest BCUT2D eigenvalue weighted by atomic mass is 9.79. The molecule has 1 aromatic rings. The van der Waals surface area contributed by atoms with Gasteiger partial charge in [0.15, 0.2) is 6.61 Å². The molecule has 1 saturated carbocycles. The summed E-state index contributed by atoms with van der Waals surface area (Å²) in [7, 11) is 0. The van der Waals surface area contributed by atoms with Crippen molar-refractivity contribution in [3.8, 4) is 5.75 Å². The Bertz CT molecular complexity index is 690. The van der Waals surface area contributed by atoms with Crippen LogP contribution in [0.25, 0.3) is 0 Å². The number of hydrogen-bond acceptors (Lipinski definition) is 6. The first-order valence-electron chi connectivity index (χ1n) is 8.07. The highest BCUT2D eigenvalue weighted by atomic mass is 16.6. The van der Waals surface area contributed by atoms with Gasteiger partial charge in [0.05, 0.1) is 16.8 Å². The number of hydrogen-bond donors (Lipinski definition) is 3. The van der Waals surface area contributed by atoms with Crippen LogP contribution >= 0.6 is 0 Å². The van der Waals surface area contributed by atoms with Crippen molar-refractivity contribution in [1.82, 2.24) is 10.9 Å². The largest absolute Gasteiger partial charge is 0.484 e. The van der Waals surface area contributed by atoms with Crippen LogP contribution in [-0.4, -0.2) is 34.4 Å². The van der Waals surface area contributed by atoms with Crippen molar-refractivity contribution in [2.24, 2.45) is 11.8 Å². The topological polar surface area (TPSA) is 148 Å². The number of rotatable bonds is 6. The number of benzene rings is 1. The second-order valence-electron chi connectivity index (χ2n) is 5.91. The molecule has 1 aliphatic carbocycles. The fourth-order valence-electron chi connectivity index (χ4n) is 2.81. The minimum atomic E-state index is -1.02. The summed E-state index contributed by atoms with van der Waals surface area (Å²) >= 11 is 0. The molecule has 0 aliphatic heterocycles. The van der Waals surface area contributed by atoms with E-state index in [2.05, 4.69) is 10.9 Å². The zero-order valence-corrected chi connectivity index (χ0v) is 13.8. The number of nitro benzene ring substituents is 1. The van der Waals surface area contributed by atoms with Gasteiger partial charge >= 0.3 is 5.97 Å². The van der Waals surface area contributed by atoms with E-state index >= 15 is 0 Å². The maximum atomic E-state index is 12.1. The SMILES string of the molecule is O=C(COc1ccc([N+](=O)[O-])cc1)NNC(=O)[C@H]1CCCC[C@@H]1C(=O)O. The molecule has 1 aromatic carbocycles. The maximum absolute atomic E-state index is 12.1. The first-order chi connectivity index (χ1) is 12.4. The number of amides is 2. The predicted molar refractivity (Wildman–Crippen MR) is 88.0 cm³/mol. The predicted octanol–water partition coefficient (Wildman–Crippen LogP) is 1.01. The number of aliphatic carboxylic acids is 1. The highest BCUT2D eigenvalue weighted by molar-refractivity contribution is 5.87. The van der Waals surface area contributed by atoms with Gasteiger partial charge in [-0.1, -0.05) is 12.8 Å². The maximum Gasteiger partial charge on any atom is 0.307 e. The first kappa shape index (κ1) is 19.2. The summed E-state index contributed by atoms with van der Waals surface area (Å²) in [5, 5.41) is 19.7. The summed E-state index contributed by atoms with van der Waals surface area (Å²) in [5.41, 5.74) is 4.30. The smallest absolute Gasteiger partial charge is 0.307 e. The highest BCUT2D eigenvalue weighted by Crippen LogP contribution is 2.30. The van der Waals surface area contributed by atoms with Gasteiger partial charge in [0.25, 0.3) is 11.6 Å². The molecule has 10 nitrogen and oxygen atoms in total. The highest BCUT2D eigenvalue weighted by Gasteiger charge is 2.35. The Hall–Kier alpha value is -3.17. The Morgan fingerprint density at radius 1 is 1.12 bits per heavy atom. The lowest BCUT2D eigenvalue weighted by Crippen LogP contribution is -2.49. The Morgan fingerprint density at radius 2 is 1.73 bits per heavy atom. The average Bonchev–Trinajstić information content (AvgIpc) is 2.64. The number of carboxylic acid groups (broad SMARTS) is 1. The van der Waals surface area contributed by atoms with Crippen molar-refractivity contribution in [3.63, 3.8) is 0 Å². The summed E-state index contributed by atoms with van der Waals surface area (Å²) in [6.45, 7) is -0.412. The van der Waals surface area contributed by atoms with Crippen molar-refractivity contribution < 1.29 is 29.2 Å². The Kier molecular flexibility index (Phi) is 6.48. The van der Waals surface area contributed by atoms with Crippen LogP contribution in [-0.2, 0) is 14.4 Å². The molecule has 10 heteroatoms. The average molecular weight is 365 g/mol. The van der Waals surface area contributed by atoms with E-state index < -0.39 is 41.1 Å². The first-order valence-corrected chi connectivity index (χ1v) is 8.07. The quantitative estimate of drug-likeness (QED) is 0.503. The zero-order valence-electron chi connectivity index (χ0n) is 13.8. The number of non-ortho nitro benzene ring substituents is 1. The number of nitrogens with one attached hydrogen (secondary N) is 2. The van der Waals surface area contributed by atoms with Gasteiger partial charge < -0.3 is 9.84 Å². The monoisotopic (exact) mass is 365 g/mol. The molecule has 1 fully saturated rings. The number of nitrogens with zero attached hydrogens (tertiary/aromatic N) is 1. The lowest BCUT2D eigenvalue weighted by Gasteiger charge is -2.27. The van der Waals surface area contributed by atoms with E-state index in [-0.39, 0.29) is 11.4 Å². The number of nitro groups is 1. The molecule has 0 saturated heterocycles. The van der Waals surface area contributed by atoms with Crippen LogP contribution in [0.4, 0.5) is 5.69 Å². The molecule has 2 rings (SSSR count). The number of ether oxygens (including phenoxy) is 1. The molecule has 0 unspecified atom stereocenters. The third-order valence-electron chi connectivity index (χ3n) is 4.16. The van der Waals surface area contributed by atoms with Crippen molar-refractivity contribution in [2.45, 2.75) is 25.7 Å². The Labute approximate surface area is 148 Å². The second kappa shape index (κ2) is 8.79. The van der Waals surface area contributed by atoms with Crippen molar-refractivity contribution in [3.05, 3.63) is 34.4 Å². The normalized spacial score (nSPS) is 19.2. The van der Waals surface area contributed by atoms with Crippen LogP contribution in [0, 0.1) is 22.0 Å². The van der Waals surface area contributed by atoms with Crippen molar-refractivity contribution in [1.29, 1.82) is 0 Å². The van der Waals surface area contributed by atoms with Gasteiger partial charge in [-0.05, 0) is 25.0 Å². The van der Waals surface area contributed by atoms with E-state index in [0.717, 1.165) is 12.8 Å². The van der Waals surface area contributed by atoms with Crippen molar-refractivity contribution in [2.75, 3.05) is 6.61 Å². The molecule has 0 bridgehead atoms. The van der Waals surface area contributed by atoms with E-state index in [1.54, 1.807) is 0 Å². The Morgan fingerprint density at radius 3 is 2.31 bits per heavy atom. The molecule has 2 atom stereocenters. The van der Waals surface area contributed by atoms with E-state index in [9.17, 15) is 24.5 Å². The molecule has 3 N–H and O–H groups in total. The number of carboxylic acids is 1. The van der Waals surface area contributed by atoms with Gasteiger partial charge in [-0.3, -0.25) is 35.3 Å². The minimum Gasteiger partial charge on any atom is -0.484 e. The van der Waals surface area contributed by atoms with Crippen LogP contribution in [0.3, 0.4) is 0 Å². The number of carbonyl (C=O) groups excluding carboxylic acids is 2. The van der Waals surface area contributed by atoms with Crippen LogP contribution in [0.5, 0.6) is 5.75 Å². The summed E-state index contributed by atoms with van der Waals surface area (Å²) in [4.78, 5) is 45.0. The van der Waals surface area contributed by atoms with E-state index in [0.29, 0.717) is 12.8 Å². The second-order valence-corrected chi connectivity index (χ2v) is 5.91. The fraction of sp³-hybridized carbons (Fsp3) is 0.438. The summed E-state index contributed by atoms with van der Waals surface area (Å²) in [6, 6.07) is 5.18. The lowest BCUT2D eigenvalue weighted by molar-refractivity contribution is -0.384. The number of hydrazine groups is 1. The molecule has 1 aliphatic rings. The van der Waals surface area contributed by atoms with Gasteiger partial charge in [-0.2, -0.15) is 0 Å². The van der Waals surface area contributed by atoms with Gasteiger partial charge in [-0.25, -0.2) is 0 Å². The molecule has 2 amide bonds. The van der Waals surface area contributed by atoms with Crippen LogP contribution in [0.1, 0.15) is 25.7 Å². The molecule has 0 aromatic heterocycles. The third-order valence-corrected chi connectivity index (χ3v) is 4.16. The zero-order chi connectivity index (χ0) is 19.1. The standard InChI is InChI=1S/C16H19N3O7/c20-14(9-26-11-7-5-10(6-8-11)19(24)25)17-18-15(21)12-3-1-2-4-13(12)16(22)23/h5-8,12-13H,1-4,9H2,(H,17,20)(H,18,21)(H,22,23)/t12-,13-/m0/s1. The molecule has 140 valence electrons. The third kappa shape index (κ3) is 5.16. The molecule has 0 radical (unpaired) electrons. The molecular formula is C16H19N3O7. The van der Waals surface area contributed by atoms with Gasteiger partial charge in [-0.15, -0.1) is 0 Å². The minimum absolute atomic E-state index is 0.102. The summed E-state index contributed by atoms with van der Waals surface area (Å²) in [6.07, 6.45) is 2.41. The van der Waals surface area contributed by atoms with E-state index in [4.69, 9.17) is 9.84 Å². The van der Waals surface area contributed by atoms with Gasteiger partial charge in [0.2, 0.25) is 5.91 Å². The molecular weight excluding hydrogens is 346 g/mol. The van der Waals surface area contributed by atoms with E-state index in [1.807, 2.05) is 0 Å². The van der Waals surface area contributed by atoms with Gasteiger partial charge in [0, 0.05) is 12.1 Å². The molecule has 26 heavy (non-hydrogen) atoms. The van der Waals surface area contributed by atoms with Crippen LogP contribution < -0.4 is 15.6 Å². The molecule has 0 spiro atoms.